The Bertz CT molecular complexity index is 434. The van der Waals surface area contributed by atoms with Gasteiger partial charge >= 0.3 is 0 Å². The summed E-state index contributed by atoms with van der Waals surface area (Å²) in [6.45, 7) is 0. The lowest BCUT2D eigenvalue weighted by Crippen LogP contribution is -2.31. The molecule has 1 aliphatic rings. The van der Waals surface area contributed by atoms with E-state index in [0.29, 0.717) is 11.6 Å². The molecule has 17 heavy (non-hydrogen) atoms. The first-order valence-corrected chi connectivity index (χ1v) is 6.60. The average Bonchev–Trinajstić information content (AvgIpc) is 2.34. The molecule has 0 spiro atoms. The number of rotatable bonds is 2. The third kappa shape index (κ3) is 3.21. The van der Waals surface area contributed by atoms with Crippen LogP contribution in [0.1, 0.15) is 31.2 Å². The molecule has 2 rings (SSSR count). The van der Waals surface area contributed by atoms with E-state index in [1.807, 2.05) is 6.07 Å². The molecule has 0 aromatic heterocycles. The Morgan fingerprint density at radius 1 is 1.29 bits per heavy atom. The summed E-state index contributed by atoms with van der Waals surface area (Å²) in [6, 6.07) is 7.83. The van der Waals surface area contributed by atoms with Crippen molar-refractivity contribution >= 4 is 15.9 Å². The number of ether oxygens (including phenoxy) is 1. The normalized spacial score (nSPS) is 24.1. The molecular formula is C13H15BrN2O. The Hall–Kier alpha value is -1.05. The summed E-state index contributed by atoms with van der Waals surface area (Å²) in [5.74, 6) is 0.810. The molecule has 0 heterocycles. The van der Waals surface area contributed by atoms with Gasteiger partial charge in [0.25, 0.3) is 0 Å². The van der Waals surface area contributed by atoms with E-state index < -0.39 is 0 Å². The van der Waals surface area contributed by atoms with Gasteiger partial charge in [0.05, 0.1) is 22.2 Å². The van der Waals surface area contributed by atoms with Gasteiger partial charge in [0.15, 0.2) is 0 Å². The van der Waals surface area contributed by atoms with Crippen molar-refractivity contribution in [2.24, 2.45) is 5.73 Å². The number of hydrogen-bond acceptors (Lipinski definition) is 3. The summed E-state index contributed by atoms with van der Waals surface area (Å²) in [5.41, 5.74) is 6.49. The molecule has 1 fully saturated rings. The van der Waals surface area contributed by atoms with Gasteiger partial charge in [0.1, 0.15) is 5.75 Å². The van der Waals surface area contributed by atoms with E-state index in [2.05, 4.69) is 22.0 Å². The minimum atomic E-state index is 0.249. The van der Waals surface area contributed by atoms with Crippen LogP contribution in [0.3, 0.4) is 0 Å². The van der Waals surface area contributed by atoms with Crippen molar-refractivity contribution in [2.45, 2.75) is 37.8 Å². The molecule has 0 bridgehead atoms. The highest BCUT2D eigenvalue weighted by Crippen LogP contribution is 2.29. The molecule has 0 saturated heterocycles. The van der Waals surface area contributed by atoms with Crippen LogP contribution in [0.5, 0.6) is 5.75 Å². The number of halogens is 1. The van der Waals surface area contributed by atoms with E-state index in [0.717, 1.165) is 35.9 Å². The number of hydrogen-bond donors (Lipinski definition) is 1. The maximum absolute atomic E-state index is 8.78. The third-order valence-corrected chi connectivity index (χ3v) is 3.69. The molecule has 1 aliphatic carbocycles. The van der Waals surface area contributed by atoms with Crippen LogP contribution in [-0.4, -0.2) is 12.1 Å². The highest BCUT2D eigenvalue weighted by atomic mass is 79.9. The maximum atomic E-state index is 8.78. The monoisotopic (exact) mass is 294 g/mol. The Morgan fingerprint density at radius 2 is 2.00 bits per heavy atom. The molecule has 90 valence electrons. The van der Waals surface area contributed by atoms with Crippen molar-refractivity contribution in [3.8, 4) is 11.8 Å². The van der Waals surface area contributed by atoms with Gasteiger partial charge in [0.2, 0.25) is 0 Å². The quantitative estimate of drug-likeness (QED) is 0.912. The average molecular weight is 295 g/mol. The molecule has 1 aromatic rings. The zero-order valence-corrected chi connectivity index (χ0v) is 11.1. The van der Waals surface area contributed by atoms with Gasteiger partial charge in [-0.3, -0.25) is 0 Å². The lowest BCUT2D eigenvalue weighted by molar-refractivity contribution is 0.146. The van der Waals surface area contributed by atoms with E-state index in [4.69, 9.17) is 15.7 Å². The second-order valence-electron chi connectivity index (χ2n) is 4.41. The van der Waals surface area contributed by atoms with Crippen molar-refractivity contribution in [1.29, 1.82) is 5.26 Å². The summed E-state index contributed by atoms with van der Waals surface area (Å²) in [7, 11) is 0. The van der Waals surface area contributed by atoms with E-state index in [9.17, 15) is 0 Å². The van der Waals surface area contributed by atoms with Gasteiger partial charge in [0, 0.05) is 6.04 Å². The van der Waals surface area contributed by atoms with Crippen LogP contribution in [-0.2, 0) is 0 Å². The van der Waals surface area contributed by atoms with Crippen LogP contribution in [0, 0.1) is 11.3 Å². The van der Waals surface area contributed by atoms with Crippen molar-refractivity contribution in [3.05, 3.63) is 28.2 Å². The highest BCUT2D eigenvalue weighted by Gasteiger charge is 2.20. The first-order chi connectivity index (χ1) is 8.19. The fourth-order valence-corrected chi connectivity index (χ4v) is 2.52. The summed E-state index contributed by atoms with van der Waals surface area (Å²) < 4.78 is 6.76. The number of nitrogens with zero attached hydrogens (tertiary/aromatic N) is 1. The van der Waals surface area contributed by atoms with E-state index in [1.165, 1.54) is 0 Å². The first-order valence-electron chi connectivity index (χ1n) is 5.81. The summed E-state index contributed by atoms with van der Waals surface area (Å²) in [5, 5.41) is 8.78. The van der Waals surface area contributed by atoms with Crippen molar-refractivity contribution in [3.63, 3.8) is 0 Å². The standard InChI is InChI=1S/C13H15BrN2O/c14-12-7-9(8-15)1-6-13(12)17-11-4-2-10(16)3-5-11/h1,6-7,10-11H,2-5,16H2. The number of nitriles is 1. The topological polar surface area (TPSA) is 59.0 Å². The van der Waals surface area contributed by atoms with Crippen LogP contribution in [0.4, 0.5) is 0 Å². The van der Waals surface area contributed by atoms with Gasteiger partial charge in [-0.25, -0.2) is 0 Å². The molecule has 0 atom stereocenters. The predicted octanol–water partition coefficient (Wildman–Crippen LogP) is 2.97. The Labute approximate surface area is 110 Å². The summed E-state index contributed by atoms with van der Waals surface area (Å²) in [6.07, 6.45) is 4.32. The van der Waals surface area contributed by atoms with Crippen molar-refractivity contribution in [2.75, 3.05) is 0 Å². The second kappa shape index (κ2) is 5.52. The van der Waals surface area contributed by atoms with Crippen LogP contribution in [0.2, 0.25) is 0 Å². The maximum Gasteiger partial charge on any atom is 0.133 e. The fraction of sp³-hybridized carbons (Fsp3) is 0.462. The summed E-state index contributed by atoms with van der Waals surface area (Å²) in [4.78, 5) is 0. The SMILES string of the molecule is N#Cc1ccc(OC2CCC(N)CC2)c(Br)c1. The third-order valence-electron chi connectivity index (χ3n) is 3.07. The Morgan fingerprint density at radius 3 is 2.59 bits per heavy atom. The number of nitrogens with two attached hydrogens (primary N) is 1. The molecule has 1 saturated carbocycles. The van der Waals surface area contributed by atoms with E-state index in [-0.39, 0.29) is 6.10 Å². The van der Waals surface area contributed by atoms with Gasteiger partial charge in [-0.1, -0.05) is 0 Å². The molecule has 2 N–H and O–H groups in total. The Kier molecular flexibility index (Phi) is 4.03. The van der Waals surface area contributed by atoms with E-state index in [1.54, 1.807) is 12.1 Å². The van der Waals surface area contributed by atoms with Crippen LogP contribution < -0.4 is 10.5 Å². The first kappa shape index (κ1) is 12.4. The van der Waals surface area contributed by atoms with E-state index >= 15 is 0 Å². The number of benzene rings is 1. The Balaban J connectivity index is 2.02. The van der Waals surface area contributed by atoms with Crippen molar-refractivity contribution in [1.82, 2.24) is 0 Å². The molecule has 0 aliphatic heterocycles. The van der Waals surface area contributed by atoms with Gasteiger partial charge < -0.3 is 10.5 Å². The van der Waals surface area contributed by atoms with Crippen LogP contribution in [0.15, 0.2) is 22.7 Å². The van der Waals surface area contributed by atoms with Crippen LogP contribution in [0.25, 0.3) is 0 Å². The lowest BCUT2D eigenvalue weighted by atomic mass is 9.94. The summed E-state index contributed by atoms with van der Waals surface area (Å²) >= 11 is 3.43. The fourth-order valence-electron chi connectivity index (χ4n) is 2.05. The van der Waals surface area contributed by atoms with Gasteiger partial charge in [-0.2, -0.15) is 5.26 Å². The molecule has 0 radical (unpaired) electrons. The van der Waals surface area contributed by atoms with Crippen LogP contribution >= 0.6 is 15.9 Å². The van der Waals surface area contributed by atoms with Gasteiger partial charge in [-0.15, -0.1) is 0 Å². The highest BCUT2D eigenvalue weighted by molar-refractivity contribution is 9.10. The minimum absolute atomic E-state index is 0.249. The molecule has 0 amide bonds. The molecule has 0 unspecified atom stereocenters. The molecule has 4 heteroatoms. The zero-order valence-electron chi connectivity index (χ0n) is 9.53. The molecular weight excluding hydrogens is 280 g/mol. The van der Waals surface area contributed by atoms with Crippen molar-refractivity contribution < 1.29 is 4.74 Å². The van der Waals surface area contributed by atoms with Gasteiger partial charge in [-0.05, 0) is 59.8 Å². The second-order valence-corrected chi connectivity index (χ2v) is 5.27. The smallest absolute Gasteiger partial charge is 0.133 e. The zero-order chi connectivity index (χ0) is 12.3. The predicted molar refractivity (Wildman–Crippen MR) is 69.7 cm³/mol. The lowest BCUT2D eigenvalue weighted by Gasteiger charge is -2.27. The minimum Gasteiger partial charge on any atom is -0.489 e. The molecule has 1 aromatic carbocycles. The largest absolute Gasteiger partial charge is 0.489 e. The molecule has 3 nitrogen and oxygen atoms in total.